The first kappa shape index (κ1) is 18.4. The zero-order valence-electron chi connectivity index (χ0n) is 16.6. The number of fused-ring (bicyclic) bond motifs is 2. The number of rotatable bonds is 4. The van der Waals surface area contributed by atoms with Gasteiger partial charge in [-0.05, 0) is 42.3 Å². The van der Waals surface area contributed by atoms with Gasteiger partial charge in [0, 0.05) is 31.7 Å². The topological polar surface area (TPSA) is 45.7 Å². The van der Waals surface area contributed by atoms with E-state index in [2.05, 4.69) is 28.1 Å². The van der Waals surface area contributed by atoms with Crippen molar-refractivity contribution in [3.63, 3.8) is 0 Å². The molecule has 2 heterocycles. The number of benzene rings is 2. The number of likely N-dealkylation sites (N-methyl/N-ethyl adjacent to an activating group) is 2. The van der Waals surface area contributed by atoms with Crippen LogP contribution in [0.5, 0.6) is 5.75 Å². The third kappa shape index (κ3) is 3.34. The summed E-state index contributed by atoms with van der Waals surface area (Å²) < 4.78 is 5.43. The Morgan fingerprint density at radius 3 is 2.75 bits per heavy atom. The third-order valence-corrected chi connectivity index (χ3v) is 5.60. The second kappa shape index (κ2) is 7.60. The molecule has 0 saturated heterocycles. The van der Waals surface area contributed by atoms with Crippen molar-refractivity contribution in [3.05, 3.63) is 71.4 Å². The van der Waals surface area contributed by atoms with E-state index in [9.17, 15) is 4.79 Å². The molecule has 1 aromatic heterocycles. The minimum atomic E-state index is -0.137. The number of carbonyl (C=O) groups excluding carboxylic acids is 1. The molecule has 28 heavy (non-hydrogen) atoms. The van der Waals surface area contributed by atoms with Crippen LogP contribution in [-0.4, -0.2) is 47.9 Å². The molecule has 0 aliphatic carbocycles. The summed E-state index contributed by atoms with van der Waals surface area (Å²) in [6.45, 7) is 1.34. The fourth-order valence-electron chi connectivity index (χ4n) is 4.03. The molecule has 0 fully saturated rings. The summed E-state index contributed by atoms with van der Waals surface area (Å²) in [6, 6.07) is 16.1. The van der Waals surface area contributed by atoms with Gasteiger partial charge in [-0.2, -0.15) is 0 Å². The summed E-state index contributed by atoms with van der Waals surface area (Å²) in [4.78, 5) is 21.7. The summed E-state index contributed by atoms with van der Waals surface area (Å²) >= 11 is 0. The second-order valence-electron chi connectivity index (χ2n) is 7.42. The van der Waals surface area contributed by atoms with Crippen molar-refractivity contribution in [2.45, 2.75) is 25.6 Å². The normalized spacial score (nSPS) is 16.6. The second-order valence-corrected chi connectivity index (χ2v) is 7.42. The largest absolute Gasteiger partial charge is 0.494 e. The zero-order valence-corrected chi connectivity index (χ0v) is 16.6. The van der Waals surface area contributed by atoms with Crippen molar-refractivity contribution in [2.75, 3.05) is 21.2 Å². The predicted molar refractivity (Wildman–Crippen MR) is 110 cm³/mol. The van der Waals surface area contributed by atoms with Crippen LogP contribution in [0.3, 0.4) is 0 Å². The molecule has 0 bridgehead atoms. The third-order valence-electron chi connectivity index (χ3n) is 5.60. The van der Waals surface area contributed by atoms with Crippen molar-refractivity contribution in [1.82, 2.24) is 14.8 Å². The van der Waals surface area contributed by atoms with Gasteiger partial charge in [-0.3, -0.25) is 14.7 Å². The SMILES string of the molecule is COc1ccc(CN(C)C(=O)[C@H]2Cc3ccccc3CN2C)c2cccnc12. The van der Waals surface area contributed by atoms with Gasteiger partial charge in [-0.15, -0.1) is 0 Å². The highest BCUT2D eigenvalue weighted by atomic mass is 16.5. The highest BCUT2D eigenvalue weighted by Gasteiger charge is 2.31. The molecule has 5 nitrogen and oxygen atoms in total. The lowest BCUT2D eigenvalue weighted by Gasteiger charge is -2.35. The number of hydrogen-bond acceptors (Lipinski definition) is 4. The van der Waals surface area contributed by atoms with Crippen LogP contribution in [0.25, 0.3) is 10.9 Å². The standard InChI is InChI=1S/C23H25N3O2/c1-25-14-17-8-5-4-7-16(17)13-20(25)23(27)26(2)15-18-10-11-21(28-3)22-19(18)9-6-12-24-22/h4-12,20H,13-15H2,1-3H3/t20-/m1/s1. The van der Waals surface area contributed by atoms with E-state index in [1.807, 2.05) is 49.3 Å². The quantitative estimate of drug-likeness (QED) is 0.702. The molecule has 3 aromatic rings. The van der Waals surface area contributed by atoms with Gasteiger partial charge in [0.15, 0.2) is 0 Å². The molecular formula is C23H25N3O2. The van der Waals surface area contributed by atoms with Crippen LogP contribution in [0, 0.1) is 0 Å². The lowest BCUT2D eigenvalue weighted by molar-refractivity contribution is -0.136. The van der Waals surface area contributed by atoms with E-state index in [1.54, 1.807) is 13.3 Å². The Hall–Kier alpha value is -2.92. The van der Waals surface area contributed by atoms with E-state index in [1.165, 1.54) is 11.1 Å². The lowest BCUT2D eigenvalue weighted by Crippen LogP contribution is -2.48. The molecule has 2 aromatic carbocycles. The zero-order chi connectivity index (χ0) is 19.7. The maximum Gasteiger partial charge on any atom is 0.240 e. The van der Waals surface area contributed by atoms with Gasteiger partial charge in [0.2, 0.25) is 5.91 Å². The Balaban J connectivity index is 1.57. The Labute approximate surface area is 165 Å². The van der Waals surface area contributed by atoms with Crippen LogP contribution in [0.15, 0.2) is 54.7 Å². The van der Waals surface area contributed by atoms with Crippen LogP contribution in [-0.2, 0) is 24.3 Å². The number of ether oxygens (including phenoxy) is 1. The van der Waals surface area contributed by atoms with Crippen molar-refractivity contribution >= 4 is 16.8 Å². The Bertz CT molecular complexity index is 1020. The van der Waals surface area contributed by atoms with Gasteiger partial charge in [0.1, 0.15) is 11.3 Å². The van der Waals surface area contributed by atoms with Crippen LogP contribution < -0.4 is 4.74 Å². The number of carbonyl (C=O) groups is 1. The highest BCUT2D eigenvalue weighted by Crippen LogP contribution is 2.28. The van der Waals surface area contributed by atoms with Crippen LogP contribution >= 0.6 is 0 Å². The Morgan fingerprint density at radius 2 is 1.96 bits per heavy atom. The van der Waals surface area contributed by atoms with Crippen molar-refractivity contribution in [2.24, 2.45) is 0 Å². The summed E-state index contributed by atoms with van der Waals surface area (Å²) in [5.41, 5.74) is 4.47. The number of hydrogen-bond donors (Lipinski definition) is 0. The number of pyridine rings is 1. The van der Waals surface area contributed by atoms with Gasteiger partial charge in [-0.1, -0.05) is 36.4 Å². The molecule has 1 amide bonds. The molecule has 0 saturated carbocycles. The molecule has 0 unspecified atom stereocenters. The maximum atomic E-state index is 13.2. The van der Waals surface area contributed by atoms with E-state index in [0.29, 0.717) is 6.54 Å². The monoisotopic (exact) mass is 375 g/mol. The molecular weight excluding hydrogens is 350 g/mol. The van der Waals surface area contributed by atoms with Crippen LogP contribution in [0.2, 0.25) is 0 Å². The molecule has 0 radical (unpaired) electrons. The van der Waals surface area contributed by atoms with Crippen molar-refractivity contribution in [3.8, 4) is 5.75 Å². The molecule has 0 spiro atoms. The van der Waals surface area contributed by atoms with Crippen molar-refractivity contribution in [1.29, 1.82) is 0 Å². The molecule has 5 heteroatoms. The molecule has 0 N–H and O–H groups in total. The summed E-state index contributed by atoms with van der Waals surface area (Å²) in [5, 5.41) is 1.02. The maximum absolute atomic E-state index is 13.2. The average molecular weight is 375 g/mol. The average Bonchev–Trinajstić information content (AvgIpc) is 2.73. The molecule has 4 rings (SSSR count). The van der Waals surface area contributed by atoms with Gasteiger partial charge < -0.3 is 9.64 Å². The van der Waals surface area contributed by atoms with Gasteiger partial charge in [0.25, 0.3) is 0 Å². The number of nitrogens with zero attached hydrogens (tertiary/aromatic N) is 3. The molecule has 1 atom stereocenters. The first-order valence-corrected chi connectivity index (χ1v) is 9.51. The van der Waals surface area contributed by atoms with Crippen LogP contribution in [0.4, 0.5) is 0 Å². The highest BCUT2D eigenvalue weighted by molar-refractivity contribution is 5.88. The van der Waals surface area contributed by atoms with Gasteiger partial charge in [0.05, 0.1) is 13.2 Å². The van der Waals surface area contributed by atoms with Gasteiger partial charge >= 0.3 is 0 Å². The van der Waals surface area contributed by atoms with Gasteiger partial charge in [-0.25, -0.2) is 0 Å². The predicted octanol–water partition coefficient (Wildman–Crippen LogP) is 3.26. The smallest absolute Gasteiger partial charge is 0.240 e. The molecule has 1 aliphatic heterocycles. The van der Waals surface area contributed by atoms with E-state index >= 15 is 0 Å². The minimum Gasteiger partial charge on any atom is -0.494 e. The molecule has 1 aliphatic rings. The number of aromatic nitrogens is 1. The first-order chi connectivity index (χ1) is 13.6. The Morgan fingerprint density at radius 1 is 1.18 bits per heavy atom. The fourth-order valence-corrected chi connectivity index (χ4v) is 4.03. The van der Waals surface area contributed by atoms with Crippen molar-refractivity contribution < 1.29 is 9.53 Å². The number of amides is 1. The van der Waals surface area contributed by atoms with E-state index < -0.39 is 0 Å². The first-order valence-electron chi connectivity index (χ1n) is 9.51. The summed E-state index contributed by atoms with van der Waals surface area (Å²) in [5.74, 6) is 0.891. The van der Waals surface area contributed by atoms with Crippen LogP contribution in [0.1, 0.15) is 16.7 Å². The number of methoxy groups -OCH3 is 1. The van der Waals surface area contributed by atoms with E-state index in [0.717, 1.165) is 35.2 Å². The fraction of sp³-hybridized carbons (Fsp3) is 0.304. The van der Waals surface area contributed by atoms with E-state index in [-0.39, 0.29) is 11.9 Å². The summed E-state index contributed by atoms with van der Waals surface area (Å²) in [6.07, 6.45) is 2.51. The minimum absolute atomic E-state index is 0.137. The van der Waals surface area contributed by atoms with E-state index in [4.69, 9.17) is 4.74 Å². The Kier molecular flexibility index (Phi) is 5.01. The summed E-state index contributed by atoms with van der Waals surface area (Å²) in [7, 11) is 5.55. The molecule has 144 valence electrons. The lowest BCUT2D eigenvalue weighted by atomic mass is 9.93.